The summed E-state index contributed by atoms with van der Waals surface area (Å²) in [6.45, 7) is 7.16. The predicted molar refractivity (Wildman–Crippen MR) is 105 cm³/mol. The van der Waals surface area contributed by atoms with Crippen LogP contribution in [0.15, 0.2) is 9.59 Å². The van der Waals surface area contributed by atoms with Crippen molar-refractivity contribution in [1.29, 1.82) is 0 Å². The number of hydrogen-bond acceptors (Lipinski definition) is 6. The van der Waals surface area contributed by atoms with Crippen LogP contribution in [-0.2, 0) is 35.6 Å². The summed E-state index contributed by atoms with van der Waals surface area (Å²) in [5, 5.41) is 3.16. The zero-order valence-corrected chi connectivity index (χ0v) is 16.8. The van der Waals surface area contributed by atoms with Crippen LogP contribution in [0.3, 0.4) is 0 Å². The van der Waals surface area contributed by atoms with Gasteiger partial charge < -0.3 is 15.8 Å². The molecule has 3 rings (SSSR count). The average Bonchev–Trinajstić information content (AvgIpc) is 2.97. The topological polar surface area (TPSA) is 108 Å². The maximum absolute atomic E-state index is 13.2. The molecule has 0 unspecified atom stereocenters. The van der Waals surface area contributed by atoms with Gasteiger partial charge in [0.15, 0.2) is 0 Å². The molecule has 27 heavy (non-hydrogen) atoms. The summed E-state index contributed by atoms with van der Waals surface area (Å²) in [5.74, 6) is -0.394. The number of ether oxygens (including phenoxy) is 1. The molecule has 9 heteroatoms. The Labute approximate surface area is 160 Å². The zero-order valence-electron chi connectivity index (χ0n) is 16.0. The lowest BCUT2D eigenvalue weighted by Crippen LogP contribution is -2.44. The first-order valence-electron chi connectivity index (χ1n) is 9.17. The second-order valence-electron chi connectivity index (χ2n) is 7.37. The van der Waals surface area contributed by atoms with E-state index in [1.807, 2.05) is 20.8 Å². The van der Waals surface area contributed by atoms with Gasteiger partial charge in [-0.3, -0.25) is 18.7 Å². The number of carbonyl (C=O) groups is 1. The van der Waals surface area contributed by atoms with Gasteiger partial charge in [0.05, 0.1) is 17.6 Å². The molecule has 1 aliphatic heterocycles. The van der Waals surface area contributed by atoms with Crippen molar-refractivity contribution in [3.8, 4) is 0 Å². The summed E-state index contributed by atoms with van der Waals surface area (Å²) in [5.41, 5.74) is 5.12. The third-order valence-electron chi connectivity index (χ3n) is 4.65. The maximum atomic E-state index is 13.2. The molecule has 0 saturated heterocycles. The van der Waals surface area contributed by atoms with Crippen LogP contribution in [0.25, 0.3) is 10.2 Å². The van der Waals surface area contributed by atoms with Crippen LogP contribution in [0.2, 0.25) is 0 Å². The zero-order chi connectivity index (χ0) is 19.8. The fourth-order valence-electron chi connectivity index (χ4n) is 3.38. The molecule has 0 radical (unpaired) electrons. The molecule has 3 N–H and O–H groups in total. The summed E-state index contributed by atoms with van der Waals surface area (Å²) in [6, 6.07) is 0. The molecule has 2 aromatic heterocycles. The van der Waals surface area contributed by atoms with Gasteiger partial charge >= 0.3 is 5.69 Å². The van der Waals surface area contributed by atoms with Gasteiger partial charge in [-0.15, -0.1) is 11.3 Å². The number of rotatable bonds is 6. The van der Waals surface area contributed by atoms with Crippen LogP contribution in [0.1, 0.15) is 37.6 Å². The summed E-state index contributed by atoms with van der Waals surface area (Å²) < 4.78 is 8.52. The van der Waals surface area contributed by atoms with Crippen molar-refractivity contribution in [2.45, 2.75) is 58.9 Å². The number of amides is 1. The van der Waals surface area contributed by atoms with Crippen LogP contribution >= 0.6 is 11.3 Å². The van der Waals surface area contributed by atoms with Crippen molar-refractivity contribution in [2.24, 2.45) is 5.73 Å². The monoisotopic (exact) mass is 394 g/mol. The van der Waals surface area contributed by atoms with Gasteiger partial charge in [-0.25, -0.2) is 4.79 Å². The molecule has 0 spiro atoms. The number of aryl methyl sites for hydroxylation is 1. The Kier molecular flexibility index (Phi) is 5.55. The Morgan fingerprint density at radius 2 is 2.07 bits per heavy atom. The first kappa shape index (κ1) is 19.8. The van der Waals surface area contributed by atoms with E-state index >= 15 is 0 Å². The molecule has 2 aromatic rings. The molecule has 1 aliphatic rings. The van der Waals surface area contributed by atoms with Crippen molar-refractivity contribution in [1.82, 2.24) is 14.5 Å². The second-order valence-corrected chi connectivity index (χ2v) is 8.46. The van der Waals surface area contributed by atoms with Gasteiger partial charge in [0.2, 0.25) is 5.91 Å². The Hall–Kier alpha value is -1.97. The first-order chi connectivity index (χ1) is 12.8. The standard InChI is InChI=1S/C18H26N4O4S/c1-4-7-21-16-14(11-8-18(2,3)26-10-12(11)27-16)15(24)22(17(21)25)9-13(23)20-6-5-19/h4-10,19H2,1-3H3,(H,20,23). The normalized spacial score (nSPS) is 15.7. The van der Waals surface area contributed by atoms with E-state index in [2.05, 4.69) is 5.32 Å². The Morgan fingerprint density at radius 1 is 1.33 bits per heavy atom. The Morgan fingerprint density at radius 3 is 2.74 bits per heavy atom. The van der Waals surface area contributed by atoms with Crippen LogP contribution in [0, 0.1) is 0 Å². The van der Waals surface area contributed by atoms with Gasteiger partial charge in [0.25, 0.3) is 5.56 Å². The molecule has 0 fully saturated rings. The SMILES string of the molecule is CCCn1c(=O)n(CC(=O)NCCN)c(=O)c2c3c(sc21)COC(C)(C)C3. The molecule has 0 aromatic carbocycles. The maximum Gasteiger partial charge on any atom is 0.332 e. The quantitative estimate of drug-likeness (QED) is 0.744. The Balaban J connectivity index is 2.20. The number of hydrogen-bond donors (Lipinski definition) is 2. The van der Waals surface area contributed by atoms with Gasteiger partial charge in [-0.2, -0.15) is 0 Å². The largest absolute Gasteiger partial charge is 0.370 e. The fraction of sp³-hybridized carbons (Fsp3) is 0.611. The van der Waals surface area contributed by atoms with Gasteiger partial charge in [-0.05, 0) is 25.8 Å². The highest BCUT2D eigenvalue weighted by atomic mass is 32.1. The highest BCUT2D eigenvalue weighted by Crippen LogP contribution is 2.37. The van der Waals surface area contributed by atoms with Crippen LogP contribution in [0.4, 0.5) is 0 Å². The minimum absolute atomic E-state index is 0.298. The highest BCUT2D eigenvalue weighted by Gasteiger charge is 2.32. The van der Waals surface area contributed by atoms with Crippen LogP contribution in [-0.4, -0.2) is 33.7 Å². The summed E-state index contributed by atoms with van der Waals surface area (Å²) in [7, 11) is 0. The van der Waals surface area contributed by atoms with E-state index < -0.39 is 17.2 Å². The molecule has 8 nitrogen and oxygen atoms in total. The smallest absolute Gasteiger partial charge is 0.332 e. The van der Waals surface area contributed by atoms with E-state index in [4.69, 9.17) is 10.5 Å². The number of fused-ring (bicyclic) bond motifs is 3. The van der Waals surface area contributed by atoms with Crippen molar-refractivity contribution in [3.63, 3.8) is 0 Å². The number of thiophene rings is 1. The van der Waals surface area contributed by atoms with Gasteiger partial charge in [-0.1, -0.05) is 6.92 Å². The minimum Gasteiger partial charge on any atom is -0.370 e. The molecule has 3 heterocycles. The van der Waals surface area contributed by atoms with Crippen LogP contribution in [0.5, 0.6) is 0 Å². The molecule has 0 aliphatic carbocycles. The number of nitrogens with one attached hydrogen (secondary N) is 1. The lowest BCUT2D eigenvalue weighted by molar-refractivity contribution is -0.121. The third-order valence-corrected chi connectivity index (χ3v) is 5.88. The highest BCUT2D eigenvalue weighted by molar-refractivity contribution is 7.18. The van der Waals surface area contributed by atoms with E-state index in [0.717, 1.165) is 21.4 Å². The van der Waals surface area contributed by atoms with E-state index in [9.17, 15) is 14.4 Å². The fourth-order valence-corrected chi connectivity index (χ4v) is 4.62. The van der Waals surface area contributed by atoms with Crippen molar-refractivity contribution < 1.29 is 9.53 Å². The lowest BCUT2D eigenvalue weighted by Gasteiger charge is -2.29. The molecule has 1 amide bonds. The molecular formula is C18H26N4O4S. The molecule has 0 saturated carbocycles. The number of aromatic nitrogens is 2. The number of nitrogens with zero attached hydrogens (tertiary/aromatic N) is 2. The van der Waals surface area contributed by atoms with E-state index in [1.165, 1.54) is 11.3 Å². The van der Waals surface area contributed by atoms with Crippen LogP contribution < -0.4 is 22.3 Å². The molecule has 148 valence electrons. The molecule has 0 bridgehead atoms. The second kappa shape index (κ2) is 7.57. The average molecular weight is 394 g/mol. The van der Waals surface area contributed by atoms with Gasteiger partial charge in [0.1, 0.15) is 11.4 Å². The lowest BCUT2D eigenvalue weighted by atomic mass is 9.94. The van der Waals surface area contributed by atoms with Crippen molar-refractivity contribution in [2.75, 3.05) is 13.1 Å². The number of carbonyl (C=O) groups excluding carboxylic acids is 1. The first-order valence-corrected chi connectivity index (χ1v) is 9.99. The Bertz CT molecular complexity index is 986. The van der Waals surface area contributed by atoms with Gasteiger partial charge in [0, 0.05) is 30.9 Å². The van der Waals surface area contributed by atoms with E-state index in [0.29, 0.717) is 42.9 Å². The minimum atomic E-state index is -0.448. The third kappa shape index (κ3) is 3.71. The summed E-state index contributed by atoms with van der Waals surface area (Å²) in [4.78, 5) is 39.9. The summed E-state index contributed by atoms with van der Waals surface area (Å²) in [6.07, 6.45) is 1.35. The van der Waals surface area contributed by atoms with Crippen molar-refractivity contribution >= 4 is 27.5 Å². The summed E-state index contributed by atoms with van der Waals surface area (Å²) >= 11 is 1.44. The van der Waals surface area contributed by atoms with E-state index in [-0.39, 0.29) is 12.1 Å². The van der Waals surface area contributed by atoms with E-state index in [1.54, 1.807) is 4.57 Å². The van der Waals surface area contributed by atoms with Crippen molar-refractivity contribution in [3.05, 3.63) is 31.3 Å². The predicted octanol–water partition coefficient (Wildman–Crippen LogP) is 0.561. The molecule has 0 atom stereocenters. The molecular weight excluding hydrogens is 368 g/mol. The number of nitrogens with two attached hydrogens (primary N) is 1.